The second kappa shape index (κ2) is 5.73. The minimum Gasteiger partial charge on any atom is -0.300 e. The van der Waals surface area contributed by atoms with Gasteiger partial charge in [-0.05, 0) is 105 Å². The molecule has 7 atom stereocenters. The molecule has 1 heterocycles. The lowest BCUT2D eigenvalue weighted by Gasteiger charge is -2.63. The van der Waals surface area contributed by atoms with Crippen LogP contribution in [0.25, 0.3) is 0 Å². The summed E-state index contributed by atoms with van der Waals surface area (Å²) in [5, 5.41) is 0. The summed E-state index contributed by atoms with van der Waals surface area (Å²) < 4.78 is 0. The van der Waals surface area contributed by atoms with Crippen molar-refractivity contribution >= 4 is 0 Å². The third kappa shape index (κ3) is 2.22. The lowest BCUT2D eigenvalue weighted by molar-refractivity contribution is -0.135. The van der Waals surface area contributed by atoms with Crippen LogP contribution in [0.15, 0.2) is 0 Å². The predicted molar refractivity (Wildman–Crippen MR) is 101 cm³/mol. The van der Waals surface area contributed by atoms with Crippen LogP contribution < -0.4 is 0 Å². The highest BCUT2D eigenvalue weighted by atomic mass is 15.2. The standard InChI is InChI=1S/C23H39N/c1-22-11-7-9-18(22)17-16-21(24-14-5-6-15-24)20-8-3-4-12-23(20,2)19(17)10-13-22/h17-21H,3-16H2,1-2H3/t17-,18-,19+,20?,21?,22-,23+/m0/s1. The maximum Gasteiger partial charge on any atom is 0.0132 e. The molecule has 4 saturated carbocycles. The molecule has 0 N–H and O–H groups in total. The molecule has 24 heavy (non-hydrogen) atoms. The molecule has 5 rings (SSSR count). The quantitative estimate of drug-likeness (QED) is 0.580. The number of nitrogens with zero attached hydrogens (tertiary/aromatic N) is 1. The van der Waals surface area contributed by atoms with Gasteiger partial charge in [-0.2, -0.15) is 0 Å². The maximum absolute atomic E-state index is 2.96. The minimum absolute atomic E-state index is 0.679. The van der Waals surface area contributed by atoms with Crippen molar-refractivity contribution in [1.82, 2.24) is 4.90 Å². The SMILES string of the molecule is C[C@@]12CCC[C@H]1[C@@H]1CC(N3CCCC3)C3CCCC[C@]3(C)[C@@H]1CC2. The lowest BCUT2D eigenvalue weighted by Crippen LogP contribution is -2.59. The minimum atomic E-state index is 0.679. The fraction of sp³-hybridized carbons (Fsp3) is 1.00. The molecule has 5 aliphatic rings. The zero-order chi connectivity index (χ0) is 16.4. The highest BCUT2D eigenvalue weighted by molar-refractivity contribution is 5.10. The van der Waals surface area contributed by atoms with Crippen molar-refractivity contribution in [3.05, 3.63) is 0 Å². The summed E-state index contributed by atoms with van der Waals surface area (Å²) in [6, 6.07) is 0.946. The fourth-order valence-electron chi connectivity index (χ4n) is 8.83. The van der Waals surface area contributed by atoms with Gasteiger partial charge in [0, 0.05) is 6.04 Å². The average Bonchev–Trinajstić information content (AvgIpc) is 3.22. The first-order valence-electron chi connectivity index (χ1n) is 11.4. The average molecular weight is 330 g/mol. The molecule has 0 aromatic carbocycles. The van der Waals surface area contributed by atoms with Gasteiger partial charge in [0.15, 0.2) is 0 Å². The first-order valence-corrected chi connectivity index (χ1v) is 11.4. The van der Waals surface area contributed by atoms with Crippen molar-refractivity contribution in [1.29, 1.82) is 0 Å². The number of hydrogen-bond acceptors (Lipinski definition) is 1. The highest BCUT2D eigenvalue weighted by Crippen LogP contribution is 2.66. The van der Waals surface area contributed by atoms with Crippen molar-refractivity contribution in [2.24, 2.45) is 34.5 Å². The number of likely N-dealkylation sites (tertiary alicyclic amines) is 1. The molecular formula is C23H39N. The summed E-state index contributed by atoms with van der Waals surface area (Å²) >= 11 is 0. The van der Waals surface area contributed by atoms with E-state index in [0.717, 1.165) is 29.7 Å². The molecular weight excluding hydrogens is 290 g/mol. The number of fused-ring (bicyclic) bond motifs is 5. The van der Waals surface area contributed by atoms with E-state index >= 15 is 0 Å². The molecule has 0 radical (unpaired) electrons. The Balaban J connectivity index is 1.50. The molecule has 0 aromatic rings. The van der Waals surface area contributed by atoms with E-state index in [-0.39, 0.29) is 0 Å². The van der Waals surface area contributed by atoms with Crippen LogP contribution in [0, 0.1) is 34.5 Å². The molecule has 1 saturated heterocycles. The summed E-state index contributed by atoms with van der Waals surface area (Å²) in [4.78, 5) is 2.96. The van der Waals surface area contributed by atoms with E-state index in [1.807, 2.05) is 0 Å². The third-order valence-electron chi connectivity index (χ3n) is 9.98. The Morgan fingerprint density at radius 2 is 1.50 bits per heavy atom. The van der Waals surface area contributed by atoms with Crippen molar-refractivity contribution in [3.63, 3.8) is 0 Å². The summed E-state index contributed by atoms with van der Waals surface area (Å²) in [6.07, 6.45) is 18.4. The van der Waals surface area contributed by atoms with E-state index in [9.17, 15) is 0 Å². The molecule has 0 spiro atoms. The van der Waals surface area contributed by atoms with Gasteiger partial charge in [0.2, 0.25) is 0 Å². The molecule has 0 aromatic heterocycles. The van der Waals surface area contributed by atoms with E-state index in [2.05, 4.69) is 18.7 Å². The van der Waals surface area contributed by atoms with Gasteiger partial charge in [-0.3, -0.25) is 0 Å². The van der Waals surface area contributed by atoms with Crippen molar-refractivity contribution in [3.8, 4) is 0 Å². The monoisotopic (exact) mass is 329 g/mol. The van der Waals surface area contributed by atoms with Gasteiger partial charge in [0.1, 0.15) is 0 Å². The lowest BCUT2D eigenvalue weighted by atomic mass is 9.44. The van der Waals surface area contributed by atoms with Crippen LogP contribution in [0.1, 0.15) is 90.9 Å². The maximum atomic E-state index is 2.96. The van der Waals surface area contributed by atoms with Gasteiger partial charge in [-0.1, -0.05) is 33.1 Å². The second-order valence-electron chi connectivity index (χ2n) is 10.9. The summed E-state index contributed by atoms with van der Waals surface area (Å²) in [7, 11) is 0. The number of rotatable bonds is 1. The van der Waals surface area contributed by atoms with Gasteiger partial charge >= 0.3 is 0 Å². The molecule has 1 aliphatic heterocycles. The second-order valence-corrected chi connectivity index (χ2v) is 10.9. The third-order valence-corrected chi connectivity index (χ3v) is 9.98. The van der Waals surface area contributed by atoms with Gasteiger partial charge in [0.25, 0.3) is 0 Å². The highest BCUT2D eigenvalue weighted by Gasteiger charge is 2.60. The molecule has 136 valence electrons. The van der Waals surface area contributed by atoms with E-state index in [1.165, 1.54) is 51.6 Å². The van der Waals surface area contributed by atoms with E-state index in [0.29, 0.717) is 10.8 Å². The van der Waals surface area contributed by atoms with Crippen LogP contribution in [-0.2, 0) is 0 Å². The van der Waals surface area contributed by atoms with Crippen molar-refractivity contribution in [2.75, 3.05) is 13.1 Å². The predicted octanol–water partition coefficient (Wildman–Crippen LogP) is 5.88. The van der Waals surface area contributed by atoms with Crippen molar-refractivity contribution in [2.45, 2.75) is 96.9 Å². The Hall–Kier alpha value is -0.0400. The van der Waals surface area contributed by atoms with Gasteiger partial charge in [-0.15, -0.1) is 0 Å². The largest absolute Gasteiger partial charge is 0.300 e. The van der Waals surface area contributed by atoms with E-state index in [4.69, 9.17) is 0 Å². The molecule has 5 fully saturated rings. The van der Waals surface area contributed by atoms with Crippen LogP contribution in [0.2, 0.25) is 0 Å². The molecule has 0 bridgehead atoms. The number of hydrogen-bond donors (Lipinski definition) is 0. The van der Waals surface area contributed by atoms with E-state index in [1.54, 1.807) is 38.5 Å². The summed E-state index contributed by atoms with van der Waals surface area (Å²) in [5.41, 5.74) is 1.40. The fourth-order valence-corrected chi connectivity index (χ4v) is 8.83. The Labute approximate surface area is 149 Å². The van der Waals surface area contributed by atoms with Crippen LogP contribution in [0.3, 0.4) is 0 Å². The van der Waals surface area contributed by atoms with Gasteiger partial charge < -0.3 is 4.90 Å². The van der Waals surface area contributed by atoms with Crippen LogP contribution in [0.4, 0.5) is 0 Å². The van der Waals surface area contributed by atoms with Crippen LogP contribution in [-0.4, -0.2) is 24.0 Å². The summed E-state index contributed by atoms with van der Waals surface area (Å²) in [6.45, 7) is 8.25. The normalized spacial score (nSPS) is 55.0. The van der Waals surface area contributed by atoms with Gasteiger partial charge in [0.05, 0.1) is 0 Å². The van der Waals surface area contributed by atoms with Crippen LogP contribution >= 0.6 is 0 Å². The zero-order valence-corrected chi connectivity index (χ0v) is 16.2. The molecule has 2 unspecified atom stereocenters. The molecule has 1 nitrogen and oxygen atoms in total. The van der Waals surface area contributed by atoms with Crippen molar-refractivity contribution < 1.29 is 0 Å². The molecule has 1 heteroatoms. The first-order chi connectivity index (χ1) is 11.6. The Bertz CT molecular complexity index is 480. The Morgan fingerprint density at radius 3 is 2.33 bits per heavy atom. The summed E-state index contributed by atoms with van der Waals surface area (Å²) in [5.74, 6) is 4.23. The molecule has 0 amide bonds. The molecule has 4 aliphatic carbocycles. The Kier molecular flexibility index (Phi) is 3.86. The van der Waals surface area contributed by atoms with E-state index < -0.39 is 0 Å². The smallest absolute Gasteiger partial charge is 0.0132 e. The van der Waals surface area contributed by atoms with Crippen LogP contribution in [0.5, 0.6) is 0 Å². The Morgan fingerprint density at radius 1 is 0.708 bits per heavy atom. The topological polar surface area (TPSA) is 3.24 Å². The first kappa shape index (κ1) is 16.2. The van der Waals surface area contributed by atoms with Gasteiger partial charge in [-0.25, -0.2) is 0 Å². The zero-order valence-electron chi connectivity index (χ0n) is 16.2.